The Hall–Kier alpha value is -0.910. The van der Waals surface area contributed by atoms with Gasteiger partial charge in [-0.2, -0.15) is 8.42 Å². The molecule has 0 aliphatic carbocycles. The Morgan fingerprint density at radius 3 is 1.42 bits per heavy atom. The molecule has 0 saturated carbocycles. The maximum Gasteiger partial charge on any atom is 0.294 e. The van der Waals surface area contributed by atoms with Gasteiger partial charge in [0.05, 0.1) is 4.90 Å². The molecule has 0 bridgehead atoms. The van der Waals surface area contributed by atoms with Gasteiger partial charge in [-0.25, -0.2) is 0 Å². The van der Waals surface area contributed by atoms with Crippen molar-refractivity contribution < 1.29 is 13.0 Å². The van der Waals surface area contributed by atoms with Crippen molar-refractivity contribution >= 4 is 10.1 Å². The molecule has 0 saturated heterocycles. The Morgan fingerprint density at radius 1 is 0.606 bits per heavy atom. The van der Waals surface area contributed by atoms with Crippen molar-refractivity contribution in [1.82, 2.24) is 6.15 Å². The molecule has 1 aromatic rings. The molecule has 33 heavy (non-hydrogen) atoms. The molecule has 1 rings (SSSR count). The standard InChI is InChI=1S/C28H50O3S.H3N/c1-3-5-7-9-11-13-15-17-19-22-26-23-21-25-28(32(29,30)31)27(26)24-20-18-16-14-12-10-8-6-4-2;/h21,23,25H,3-20,22,24H2,1-2H3,(H,29,30,31);1H3. The van der Waals surface area contributed by atoms with Crippen molar-refractivity contribution in [1.29, 1.82) is 0 Å². The Bertz CT molecular complexity index is 688. The summed E-state index contributed by atoms with van der Waals surface area (Å²) in [5, 5.41) is 0. The van der Waals surface area contributed by atoms with Crippen LogP contribution in [0.2, 0.25) is 0 Å². The van der Waals surface area contributed by atoms with Crippen LogP contribution < -0.4 is 6.15 Å². The fourth-order valence-corrected chi connectivity index (χ4v) is 5.40. The topological polar surface area (TPSA) is 89.4 Å². The van der Waals surface area contributed by atoms with Crippen LogP contribution in [0.1, 0.15) is 141 Å². The van der Waals surface area contributed by atoms with Crippen LogP contribution in [0.25, 0.3) is 0 Å². The van der Waals surface area contributed by atoms with Crippen LogP contribution in [-0.2, 0) is 23.0 Å². The van der Waals surface area contributed by atoms with E-state index in [2.05, 4.69) is 19.9 Å². The lowest BCUT2D eigenvalue weighted by molar-refractivity contribution is 0.481. The molecule has 0 aromatic heterocycles. The van der Waals surface area contributed by atoms with Crippen molar-refractivity contribution in [3.05, 3.63) is 29.3 Å². The number of hydrogen-bond acceptors (Lipinski definition) is 3. The molecule has 0 amide bonds. The monoisotopic (exact) mass is 483 g/mol. The zero-order valence-electron chi connectivity index (χ0n) is 21.8. The molecule has 0 spiro atoms. The average molecular weight is 484 g/mol. The second kappa shape index (κ2) is 20.5. The molecular formula is C28H53NO3S. The van der Waals surface area contributed by atoms with Crippen LogP contribution in [0, 0.1) is 0 Å². The minimum absolute atomic E-state index is 0. The van der Waals surface area contributed by atoms with E-state index in [0.29, 0.717) is 0 Å². The van der Waals surface area contributed by atoms with E-state index in [1.165, 1.54) is 96.3 Å². The number of unbranched alkanes of at least 4 members (excludes halogenated alkanes) is 16. The number of hydrogen-bond donors (Lipinski definition) is 2. The van der Waals surface area contributed by atoms with Crippen LogP contribution in [-0.4, -0.2) is 13.0 Å². The molecular weight excluding hydrogens is 430 g/mol. The molecule has 0 unspecified atom stereocenters. The lowest BCUT2D eigenvalue weighted by Crippen LogP contribution is -2.07. The molecule has 0 heterocycles. The molecule has 4 N–H and O–H groups in total. The highest BCUT2D eigenvalue weighted by molar-refractivity contribution is 7.85. The van der Waals surface area contributed by atoms with Gasteiger partial charge < -0.3 is 6.15 Å². The Labute approximate surface area is 205 Å². The fourth-order valence-electron chi connectivity index (χ4n) is 4.61. The Morgan fingerprint density at radius 2 is 1.00 bits per heavy atom. The molecule has 4 nitrogen and oxygen atoms in total. The third kappa shape index (κ3) is 15.6. The number of benzene rings is 1. The van der Waals surface area contributed by atoms with Gasteiger partial charge in [0.2, 0.25) is 0 Å². The van der Waals surface area contributed by atoms with Gasteiger partial charge >= 0.3 is 0 Å². The van der Waals surface area contributed by atoms with Crippen LogP contribution >= 0.6 is 0 Å². The summed E-state index contributed by atoms with van der Waals surface area (Å²) in [4.78, 5) is 0.130. The first-order valence-corrected chi connectivity index (χ1v) is 15.0. The zero-order chi connectivity index (χ0) is 23.5. The molecule has 194 valence electrons. The second-order valence-corrected chi connectivity index (χ2v) is 10.9. The highest BCUT2D eigenvalue weighted by atomic mass is 32.2. The largest absolute Gasteiger partial charge is 0.344 e. The maximum absolute atomic E-state index is 11.9. The number of rotatable bonds is 21. The predicted octanol–water partition coefficient (Wildman–Crippen LogP) is 9.24. The van der Waals surface area contributed by atoms with Crippen LogP contribution in [0.5, 0.6) is 0 Å². The van der Waals surface area contributed by atoms with Gasteiger partial charge in [0.1, 0.15) is 0 Å². The van der Waals surface area contributed by atoms with Crippen LogP contribution in [0.4, 0.5) is 0 Å². The summed E-state index contributed by atoms with van der Waals surface area (Å²) in [6.07, 6.45) is 24.4. The van der Waals surface area contributed by atoms with Gasteiger partial charge in [0.25, 0.3) is 10.1 Å². The first kappa shape index (κ1) is 32.1. The third-order valence-corrected chi connectivity index (χ3v) is 7.53. The van der Waals surface area contributed by atoms with Gasteiger partial charge in [0.15, 0.2) is 0 Å². The van der Waals surface area contributed by atoms with E-state index >= 15 is 0 Å². The molecule has 0 atom stereocenters. The summed E-state index contributed by atoms with van der Waals surface area (Å²) in [6.45, 7) is 4.50. The van der Waals surface area contributed by atoms with E-state index < -0.39 is 10.1 Å². The summed E-state index contributed by atoms with van der Waals surface area (Å²) in [6, 6.07) is 5.41. The average Bonchev–Trinajstić information content (AvgIpc) is 2.76. The van der Waals surface area contributed by atoms with Crippen molar-refractivity contribution in [2.24, 2.45) is 0 Å². The first-order valence-electron chi connectivity index (χ1n) is 13.6. The fraction of sp³-hybridized carbons (Fsp3) is 0.786. The van der Waals surface area contributed by atoms with Crippen LogP contribution in [0.15, 0.2) is 23.1 Å². The summed E-state index contributed by atoms with van der Waals surface area (Å²) in [5.41, 5.74) is 1.97. The van der Waals surface area contributed by atoms with Crippen LogP contribution in [0.3, 0.4) is 0 Å². The van der Waals surface area contributed by atoms with Crippen molar-refractivity contribution in [2.75, 3.05) is 0 Å². The number of aryl methyl sites for hydroxylation is 1. The highest BCUT2D eigenvalue weighted by Gasteiger charge is 2.17. The minimum atomic E-state index is -4.17. The van der Waals surface area contributed by atoms with E-state index in [4.69, 9.17) is 0 Å². The first-order chi connectivity index (χ1) is 15.5. The summed E-state index contributed by atoms with van der Waals surface area (Å²) in [7, 11) is -4.17. The summed E-state index contributed by atoms with van der Waals surface area (Å²) in [5.74, 6) is 0. The van der Waals surface area contributed by atoms with Gasteiger partial charge in [-0.15, -0.1) is 0 Å². The lowest BCUT2D eigenvalue weighted by atomic mass is 9.96. The van der Waals surface area contributed by atoms with Gasteiger partial charge in [-0.05, 0) is 42.9 Å². The SMILES string of the molecule is CCCCCCCCCCCc1cccc(S(=O)(=O)O)c1CCCCCCCCCCC.N. The Balaban J connectivity index is 0.0000102. The lowest BCUT2D eigenvalue weighted by Gasteiger charge is -2.14. The van der Waals surface area contributed by atoms with Crippen molar-refractivity contribution in [3.63, 3.8) is 0 Å². The van der Waals surface area contributed by atoms with Crippen molar-refractivity contribution in [3.8, 4) is 0 Å². The minimum Gasteiger partial charge on any atom is -0.344 e. The van der Waals surface area contributed by atoms with E-state index in [1.54, 1.807) is 12.1 Å². The van der Waals surface area contributed by atoms with Gasteiger partial charge in [-0.3, -0.25) is 4.55 Å². The normalized spacial score (nSPS) is 11.5. The Kier molecular flexibility index (Phi) is 19.9. The van der Waals surface area contributed by atoms with E-state index in [1.807, 2.05) is 0 Å². The second-order valence-electron chi connectivity index (χ2n) is 9.53. The molecule has 0 fully saturated rings. The molecule has 1 aromatic carbocycles. The van der Waals surface area contributed by atoms with E-state index in [0.717, 1.165) is 43.2 Å². The molecule has 0 radical (unpaired) electrons. The molecule has 5 heteroatoms. The van der Waals surface area contributed by atoms with E-state index in [-0.39, 0.29) is 11.0 Å². The quantitative estimate of drug-likeness (QED) is 0.135. The van der Waals surface area contributed by atoms with E-state index in [9.17, 15) is 13.0 Å². The predicted molar refractivity (Wildman–Crippen MR) is 143 cm³/mol. The highest BCUT2D eigenvalue weighted by Crippen LogP contribution is 2.24. The summed E-state index contributed by atoms with van der Waals surface area (Å²) >= 11 is 0. The molecule has 0 aliphatic heterocycles. The molecule has 0 aliphatic rings. The van der Waals surface area contributed by atoms with Gasteiger partial charge in [0, 0.05) is 0 Å². The summed E-state index contributed by atoms with van der Waals surface area (Å²) < 4.78 is 33.6. The smallest absolute Gasteiger partial charge is 0.294 e. The zero-order valence-corrected chi connectivity index (χ0v) is 22.6. The maximum atomic E-state index is 11.9. The van der Waals surface area contributed by atoms with Gasteiger partial charge in [-0.1, -0.05) is 129 Å². The van der Waals surface area contributed by atoms with Crippen molar-refractivity contribution in [2.45, 2.75) is 147 Å². The third-order valence-electron chi connectivity index (χ3n) is 6.59.